The Morgan fingerprint density at radius 1 is 1.40 bits per heavy atom. The lowest BCUT2D eigenvalue weighted by Crippen LogP contribution is -2.31. The van der Waals surface area contributed by atoms with Crippen LogP contribution in [0.2, 0.25) is 0 Å². The van der Waals surface area contributed by atoms with E-state index in [4.69, 9.17) is 4.74 Å². The van der Waals surface area contributed by atoms with E-state index < -0.39 is 5.97 Å². The van der Waals surface area contributed by atoms with Gasteiger partial charge >= 0.3 is 11.7 Å². The first kappa shape index (κ1) is 14.0. The van der Waals surface area contributed by atoms with Gasteiger partial charge < -0.3 is 14.7 Å². The summed E-state index contributed by atoms with van der Waals surface area (Å²) in [5, 5.41) is 12.1. The zero-order chi connectivity index (χ0) is 14.7. The smallest absolute Gasteiger partial charge is 0.410 e. The lowest BCUT2D eigenvalue weighted by atomic mass is 10.2. The molecule has 0 saturated heterocycles. The Morgan fingerprint density at radius 3 is 2.80 bits per heavy atom. The summed E-state index contributed by atoms with van der Waals surface area (Å²) in [6, 6.07) is 6.34. The topological polar surface area (TPSA) is 77.3 Å². The number of unbranched alkanes of at least 4 members (excludes halogenated alkanes) is 1. The average molecular weight is 276 g/mol. The van der Waals surface area contributed by atoms with E-state index in [1.807, 2.05) is 6.92 Å². The molecule has 0 spiro atoms. The van der Waals surface area contributed by atoms with Crippen molar-refractivity contribution in [3.63, 3.8) is 0 Å². The predicted molar refractivity (Wildman–Crippen MR) is 74.0 cm³/mol. The Labute approximate surface area is 115 Å². The maximum Gasteiger partial charge on any atom is 0.410 e. The van der Waals surface area contributed by atoms with E-state index in [1.54, 1.807) is 12.1 Å². The Balaban J connectivity index is 2.54. The van der Waals surface area contributed by atoms with Crippen LogP contribution < -0.4 is 4.43 Å². The first-order chi connectivity index (χ1) is 9.57. The van der Waals surface area contributed by atoms with Gasteiger partial charge in [-0.3, -0.25) is 0 Å². The van der Waals surface area contributed by atoms with Crippen molar-refractivity contribution >= 4 is 17.0 Å². The monoisotopic (exact) mass is 276 g/mol. The van der Waals surface area contributed by atoms with Gasteiger partial charge in [-0.05, 0) is 19.4 Å². The molecule has 0 aliphatic carbocycles. The number of carbonyl (C=O) groups excluding carboxylic acids is 1. The number of para-hydroxylation sites is 2. The van der Waals surface area contributed by atoms with Gasteiger partial charge in [0.05, 0.1) is 16.7 Å². The van der Waals surface area contributed by atoms with Crippen LogP contribution in [0, 0.1) is 17.0 Å². The van der Waals surface area contributed by atoms with Crippen LogP contribution >= 0.6 is 0 Å². The molecule has 106 valence electrons. The van der Waals surface area contributed by atoms with Crippen molar-refractivity contribution < 1.29 is 14.0 Å². The van der Waals surface area contributed by atoms with E-state index in [1.165, 1.54) is 19.1 Å². The lowest BCUT2D eigenvalue weighted by molar-refractivity contribution is -0.469. The zero-order valence-corrected chi connectivity index (χ0v) is 11.5. The van der Waals surface area contributed by atoms with Gasteiger partial charge in [-0.15, -0.1) is 0 Å². The maximum atomic E-state index is 12.2. The first-order valence-corrected chi connectivity index (χ1v) is 6.49. The third-order valence-electron chi connectivity index (χ3n) is 3.09. The highest BCUT2D eigenvalue weighted by molar-refractivity contribution is 5.88. The number of rotatable bonds is 4. The highest BCUT2D eigenvalue weighted by atomic mass is 16.5. The number of ether oxygens (including phenoxy) is 1. The average Bonchev–Trinajstić information content (AvgIpc) is 2.45. The maximum absolute atomic E-state index is 12.2. The van der Waals surface area contributed by atoms with E-state index in [-0.39, 0.29) is 29.0 Å². The quantitative estimate of drug-likeness (QED) is 0.487. The number of hydrogen-bond donors (Lipinski definition) is 0. The van der Waals surface area contributed by atoms with Gasteiger partial charge in [0.2, 0.25) is 0 Å². The summed E-state index contributed by atoms with van der Waals surface area (Å²) in [7, 11) is 0. The first-order valence-electron chi connectivity index (χ1n) is 6.49. The van der Waals surface area contributed by atoms with Crippen molar-refractivity contribution in [3.8, 4) is 0 Å². The molecule has 0 atom stereocenters. The summed E-state index contributed by atoms with van der Waals surface area (Å²) in [4.78, 5) is 24.2. The summed E-state index contributed by atoms with van der Waals surface area (Å²) in [5.41, 5.74) is 0.163. The van der Waals surface area contributed by atoms with Crippen molar-refractivity contribution in [3.05, 3.63) is 45.8 Å². The minimum Gasteiger partial charge on any atom is -0.805 e. The highest BCUT2D eigenvalue weighted by Crippen LogP contribution is 2.14. The summed E-state index contributed by atoms with van der Waals surface area (Å²) in [5.74, 6) is -0.763. The third-order valence-corrected chi connectivity index (χ3v) is 3.09. The fourth-order valence-electron chi connectivity index (χ4n) is 1.96. The van der Waals surface area contributed by atoms with Gasteiger partial charge in [-0.25, -0.2) is 4.79 Å². The standard InChI is InChI=1S/C14H16N2O4/c1-3-4-9-20-14(17)13-10(2)15(18)11-7-5-6-8-12(11)16(13)19/h5-8H,3-4,9H2,1-2H3. The summed E-state index contributed by atoms with van der Waals surface area (Å²) < 4.78 is 6.07. The van der Waals surface area contributed by atoms with Gasteiger partial charge in [0.15, 0.2) is 0 Å². The molecule has 0 radical (unpaired) electrons. The van der Waals surface area contributed by atoms with Gasteiger partial charge in [0.25, 0.3) is 5.52 Å². The van der Waals surface area contributed by atoms with Gasteiger partial charge in [0.1, 0.15) is 5.52 Å². The molecular weight excluding hydrogens is 260 g/mol. The number of carbonyl (C=O) groups is 1. The molecule has 0 bridgehead atoms. The van der Waals surface area contributed by atoms with Crippen LogP contribution in [0.1, 0.15) is 35.9 Å². The molecule has 2 rings (SSSR count). The zero-order valence-electron chi connectivity index (χ0n) is 11.5. The molecule has 0 aliphatic heterocycles. The number of aromatic nitrogens is 2. The van der Waals surface area contributed by atoms with E-state index in [0.717, 1.165) is 6.42 Å². The summed E-state index contributed by atoms with van der Waals surface area (Å²) >= 11 is 0. The molecule has 0 aliphatic rings. The number of benzene rings is 1. The number of esters is 1. The number of fused-ring (bicyclic) bond motifs is 1. The molecule has 6 nitrogen and oxygen atoms in total. The van der Waals surface area contributed by atoms with Crippen molar-refractivity contribution in [2.75, 3.05) is 6.61 Å². The van der Waals surface area contributed by atoms with E-state index in [2.05, 4.69) is 0 Å². The molecule has 0 unspecified atom stereocenters. The van der Waals surface area contributed by atoms with E-state index in [9.17, 15) is 14.9 Å². The predicted octanol–water partition coefficient (Wildman–Crippen LogP) is 2.17. The molecule has 0 saturated carbocycles. The summed E-state index contributed by atoms with van der Waals surface area (Å²) in [6.07, 6.45) is 1.59. The van der Waals surface area contributed by atoms with Crippen molar-refractivity contribution in [2.24, 2.45) is 0 Å². The Kier molecular flexibility index (Phi) is 4.02. The van der Waals surface area contributed by atoms with Crippen LogP contribution in [-0.2, 0) is 4.74 Å². The van der Waals surface area contributed by atoms with Gasteiger partial charge in [-0.2, -0.15) is 0 Å². The van der Waals surface area contributed by atoms with Crippen LogP contribution in [-0.4, -0.2) is 17.3 Å². The van der Waals surface area contributed by atoms with Crippen molar-refractivity contribution in [1.29, 1.82) is 0 Å². The largest absolute Gasteiger partial charge is 0.805 e. The molecule has 0 fully saturated rings. The molecule has 1 aromatic heterocycles. The van der Waals surface area contributed by atoms with Gasteiger partial charge in [0, 0.05) is 11.0 Å². The van der Waals surface area contributed by atoms with Crippen molar-refractivity contribution in [1.82, 2.24) is 4.73 Å². The second-order valence-electron chi connectivity index (χ2n) is 4.50. The van der Waals surface area contributed by atoms with E-state index >= 15 is 0 Å². The van der Waals surface area contributed by atoms with Crippen molar-refractivity contribution in [2.45, 2.75) is 26.7 Å². The van der Waals surface area contributed by atoms with Crippen LogP contribution in [0.25, 0.3) is 11.0 Å². The van der Waals surface area contributed by atoms with Gasteiger partial charge in [-0.1, -0.05) is 25.5 Å². The molecule has 1 aromatic carbocycles. The normalized spacial score (nSPS) is 10.7. The fourth-order valence-corrected chi connectivity index (χ4v) is 1.96. The molecule has 20 heavy (non-hydrogen) atoms. The molecule has 2 aromatic rings. The molecule has 0 N–H and O–H groups in total. The number of nitrogens with zero attached hydrogens (tertiary/aromatic N) is 2. The van der Waals surface area contributed by atoms with Crippen LogP contribution in [0.15, 0.2) is 24.3 Å². The van der Waals surface area contributed by atoms with Crippen LogP contribution in [0.4, 0.5) is 0 Å². The molecule has 1 heterocycles. The van der Waals surface area contributed by atoms with Crippen LogP contribution in [0.3, 0.4) is 0 Å². The SMILES string of the molecule is CCCCOC(=O)c1c(C)n([O-])c2ccccc2[n+]1=O. The Hall–Kier alpha value is -2.37. The minimum atomic E-state index is -0.763. The molecule has 6 heteroatoms. The summed E-state index contributed by atoms with van der Waals surface area (Å²) in [6.45, 7) is 3.64. The second kappa shape index (κ2) is 5.73. The lowest BCUT2D eigenvalue weighted by Gasteiger charge is -2.15. The third kappa shape index (κ3) is 2.36. The molecular formula is C14H16N2O4. The second-order valence-corrected chi connectivity index (χ2v) is 4.50. The van der Waals surface area contributed by atoms with E-state index in [0.29, 0.717) is 15.6 Å². The number of hydrogen-bond acceptors (Lipinski definition) is 4. The molecule has 0 amide bonds. The minimum absolute atomic E-state index is 0.0419. The van der Waals surface area contributed by atoms with Crippen LogP contribution in [0.5, 0.6) is 0 Å². The fraction of sp³-hybridized carbons (Fsp3) is 0.357. The highest BCUT2D eigenvalue weighted by Gasteiger charge is 2.28. The Bertz CT molecular complexity index is 706. The Morgan fingerprint density at radius 2 is 2.10 bits per heavy atom.